The van der Waals surface area contributed by atoms with Gasteiger partial charge in [-0.05, 0) is 47.9 Å². The first-order chi connectivity index (χ1) is 10.9. The van der Waals surface area contributed by atoms with Crippen LogP contribution in [0.15, 0.2) is 73.4 Å². The molecule has 0 bridgehead atoms. The minimum Gasteiger partial charge on any atom is -0.352 e. The summed E-state index contributed by atoms with van der Waals surface area (Å²) in [4.78, 5) is 15.0. The van der Waals surface area contributed by atoms with Crippen LogP contribution in [0.2, 0.25) is 0 Å². The molecule has 0 spiro atoms. The number of nitrogens with zero attached hydrogens (tertiary/aromatic N) is 4. The van der Waals surface area contributed by atoms with E-state index in [1.807, 2.05) is 61.2 Å². The molecule has 0 N–H and O–H groups in total. The summed E-state index contributed by atoms with van der Waals surface area (Å²) >= 11 is 0. The molecule has 4 nitrogen and oxygen atoms in total. The highest BCUT2D eigenvalue weighted by molar-refractivity contribution is 5.39. The highest BCUT2D eigenvalue weighted by Gasteiger charge is 2.08. The summed E-state index contributed by atoms with van der Waals surface area (Å²) in [5, 5.41) is 0. The van der Waals surface area contributed by atoms with Gasteiger partial charge in [0, 0.05) is 44.1 Å². The van der Waals surface area contributed by atoms with Crippen molar-refractivity contribution in [1.29, 1.82) is 0 Å². The van der Waals surface area contributed by atoms with E-state index in [-0.39, 0.29) is 0 Å². The SMILES string of the molecule is c1ccc(N(CCc2cccnc2)Cc2ccncc2)nc1. The minimum absolute atomic E-state index is 0.819. The summed E-state index contributed by atoms with van der Waals surface area (Å²) in [7, 11) is 0. The van der Waals surface area contributed by atoms with Crippen molar-refractivity contribution >= 4 is 5.82 Å². The van der Waals surface area contributed by atoms with E-state index in [1.54, 1.807) is 6.20 Å². The lowest BCUT2D eigenvalue weighted by Gasteiger charge is -2.23. The smallest absolute Gasteiger partial charge is 0.128 e. The van der Waals surface area contributed by atoms with Crippen molar-refractivity contribution in [2.24, 2.45) is 0 Å². The van der Waals surface area contributed by atoms with E-state index < -0.39 is 0 Å². The second-order valence-corrected chi connectivity index (χ2v) is 5.08. The Balaban J connectivity index is 1.74. The molecule has 3 aromatic rings. The molecule has 3 rings (SSSR count). The fourth-order valence-corrected chi connectivity index (χ4v) is 2.33. The van der Waals surface area contributed by atoms with Gasteiger partial charge in [0.1, 0.15) is 5.82 Å². The molecule has 0 radical (unpaired) electrons. The van der Waals surface area contributed by atoms with Crippen LogP contribution in [-0.2, 0) is 13.0 Å². The van der Waals surface area contributed by atoms with Crippen molar-refractivity contribution in [2.45, 2.75) is 13.0 Å². The van der Waals surface area contributed by atoms with Gasteiger partial charge in [-0.25, -0.2) is 4.98 Å². The molecule has 4 heteroatoms. The Morgan fingerprint density at radius 2 is 1.68 bits per heavy atom. The van der Waals surface area contributed by atoms with Gasteiger partial charge in [0.2, 0.25) is 0 Å². The first-order valence-corrected chi connectivity index (χ1v) is 7.35. The fourth-order valence-electron chi connectivity index (χ4n) is 2.33. The molecule has 0 unspecified atom stereocenters. The summed E-state index contributed by atoms with van der Waals surface area (Å²) in [6.07, 6.45) is 10.1. The normalized spacial score (nSPS) is 10.4. The summed E-state index contributed by atoms with van der Waals surface area (Å²) in [5.74, 6) is 0.989. The molecule has 3 aromatic heterocycles. The van der Waals surface area contributed by atoms with Crippen LogP contribution in [0.25, 0.3) is 0 Å². The maximum absolute atomic E-state index is 4.48. The van der Waals surface area contributed by atoms with Crippen LogP contribution in [-0.4, -0.2) is 21.5 Å². The van der Waals surface area contributed by atoms with Crippen molar-refractivity contribution < 1.29 is 0 Å². The van der Waals surface area contributed by atoms with Gasteiger partial charge in [-0.1, -0.05) is 12.1 Å². The summed E-state index contributed by atoms with van der Waals surface area (Å²) < 4.78 is 0. The summed E-state index contributed by atoms with van der Waals surface area (Å²) in [6.45, 7) is 1.71. The molecule has 0 aliphatic carbocycles. The average molecular weight is 290 g/mol. The molecule has 0 atom stereocenters. The zero-order valence-corrected chi connectivity index (χ0v) is 12.3. The van der Waals surface area contributed by atoms with Gasteiger partial charge in [0.25, 0.3) is 0 Å². The zero-order valence-electron chi connectivity index (χ0n) is 12.3. The summed E-state index contributed by atoms with van der Waals surface area (Å²) in [5.41, 5.74) is 2.46. The van der Waals surface area contributed by atoms with Crippen LogP contribution in [0.3, 0.4) is 0 Å². The first kappa shape index (κ1) is 14.2. The largest absolute Gasteiger partial charge is 0.352 e. The van der Waals surface area contributed by atoms with E-state index in [2.05, 4.69) is 25.9 Å². The predicted molar refractivity (Wildman–Crippen MR) is 87.5 cm³/mol. The third kappa shape index (κ3) is 3.88. The first-order valence-electron chi connectivity index (χ1n) is 7.35. The molecular weight excluding hydrogens is 272 g/mol. The Labute approximate surface area is 130 Å². The highest BCUT2D eigenvalue weighted by atomic mass is 15.2. The van der Waals surface area contributed by atoms with Gasteiger partial charge in [0.05, 0.1) is 0 Å². The molecule has 3 heterocycles. The molecule has 0 aliphatic rings. The van der Waals surface area contributed by atoms with Gasteiger partial charge >= 0.3 is 0 Å². The zero-order chi connectivity index (χ0) is 15.0. The maximum Gasteiger partial charge on any atom is 0.128 e. The lowest BCUT2D eigenvalue weighted by atomic mass is 10.2. The lowest BCUT2D eigenvalue weighted by Crippen LogP contribution is -2.26. The number of hydrogen-bond acceptors (Lipinski definition) is 4. The van der Waals surface area contributed by atoms with Crippen LogP contribution in [0.5, 0.6) is 0 Å². The van der Waals surface area contributed by atoms with E-state index in [0.717, 1.165) is 25.3 Å². The van der Waals surface area contributed by atoms with Crippen LogP contribution in [0.4, 0.5) is 5.82 Å². The second kappa shape index (κ2) is 7.31. The standard InChI is InChI=1S/C18H18N4/c1-2-10-21-18(5-1)22(15-17-6-11-19-12-7-17)13-8-16-4-3-9-20-14-16/h1-7,9-12,14H,8,13,15H2. The molecule has 22 heavy (non-hydrogen) atoms. The van der Waals surface area contributed by atoms with E-state index in [4.69, 9.17) is 0 Å². The quantitative estimate of drug-likeness (QED) is 0.699. The third-order valence-corrected chi connectivity index (χ3v) is 3.49. The average Bonchev–Trinajstić information content (AvgIpc) is 2.61. The molecule has 0 aromatic carbocycles. The van der Waals surface area contributed by atoms with Crippen molar-refractivity contribution in [3.8, 4) is 0 Å². The summed E-state index contributed by atoms with van der Waals surface area (Å²) in [6, 6.07) is 14.2. The number of anilines is 1. The minimum atomic E-state index is 0.819. The van der Waals surface area contributed by atoms with E-state index in [0.29, 0.717) is 0 Å². The third-order valence-electron chi connectivity index (χ3n) is 3.49. The van der Waals surface area contributed by atoms with Crippen LogP contribution in [0.1, 0.15) is 11.1 Å². The van der Waals surface area contributed by atoms with Gasteiger partial charge in [0.15, 0.2) is 0 Å². The van der Waals surface area contributed by atoms with E-state index in [9.17, 15) is 0 Å². The van der Waals surface area contributed by atoms with Crippen molar-refractivity contribution in [3.63, 3.8) is 0 Å². The Morgan fingerprint density at radius 3 is 2.41 bits per heavy atom. The van der Waals surface area contributed by atoms with E-state index >= 15 is 0 Å². The predicted octanol–water partition coefficient (Wildman–Crippen LogP) is 3.12. The fraction of sp³-hybridized carbons (Fsp3) is 0.167. The molecule has 0 saturated carbocycles. The van der Waals surface area contributed by atoms with E-state index in [1.165, 1.54) is 11.1 Å². The Bertz CT molecular complexity index is 671. The van der Waals surface area contributed by atoms with Gasteiger partial charge in [-0.3, -0.25) is 9.97 Å². The maximum atomic E-state index is 4.48. The molecule has 0 fully saturated rings. The van der Waals surface area contributed by atoms with Crippen molar-refractivity contribution in [3.05, 3.63) is 84.6 Å². The topological polar surface area (TPSA) is 41.9 Å². The second-order valence-electron chi connectivity index (χ2n) is 5.08. The van der Waals surface area contributed by atoms with Gasteiger partial charge in [-0.15, -0.1) is 0 Å². The molecular formula is C18H18N4. The molecule has 0 aliphatic heterocycles. The molecule has 110 valence electrons. The van der Waals surface area contributed by atoms with Gasteiger partial charge in [-0.2, -0.15) is 0 Å². The lowest BCUT2D eigenvalue weighted by molar-refractivity contribution is 0.766. The van der Waals surface area contributed by atoms with Crippen LogP contribution in [0, 0.1) is 0 Å². The Hall–Kier alpha value is -2.75. The highest BCUT2D eigenvalue weighted by Crippen LogP contribution is 2.14. The Morgan fingerprint density at radius 1 is 0.773 bits per heavy atom. The molecule has 0 saturated heterocycles. The number of rotatable bonds is 6. The van der Waals surface area contributed by atoms with Crippen molar-refractivity contribution in [1.82, 2.24) is 15.0 Å². The van der Waals surface area contributed by atoms with Gasteiger partial charge < -0.3 is 4.90 Å². The van der Waals surface area contributed by atoms with Crippen LogP contribution < -0.4 is 4.90 Å². The number of pyridine rings is 3. The van der Waals surface area contributed by atoms with Crippen molar-refractivity contribution in [2.75, 3.05) is 11.4 Å². The van der Waals surface area contributed by atoms with Crippen LogP contribution >= 0.6 is 0 Å². The Kier molecular flexibility index (Phi) is 4.72. The number of aromatic nitrogens is 3. The monoisotopic (exact) mass is 290 g/mol. The number of hydrogen-bond donors (Lipinski definition) is 0. The molecule has 0 amide bonds.